The van der Waals surface area contributed by atoms with E-state index < -0.39 is 10.2 Å². The smallest absolute Gasteiger partial charge is 0.282 e. The van der Waals surface area contributed by atoms with E-state index in [0.29, 0.717) is 39.4 Å². The van der Waals surface area contributed by atoms with E-state index in [0.717, 1.165) is 11.1 Å². The van der Waals surface area contributed by atoms with Crippen LogP contribution in [0, 0.1) is 0 Å². The third-order valence-electron chi connectivity index (χ3n) is 3.42. The molecule has 0 radical (unpaired) electrons. The quantitative estimate of drug-likeness (QED) is 0.840. The number of benzene rings is 1. The van der Waals surface area contributed by atoms with E-state index >= 15 is 0 Å². The molecule has 2 rings (SSSR count). The summed E-state index contributed by atoms with van der Waals surface area (Å²) in [7, 11) is -1.84. The molecule has 0 amide bonds. The lowest BCUT2D eigenvalue weighted by atomic mass is 10.1. The molecule has 2 N–H and O–H groups in total. The summed E-state index contributed by atoms with van der Waals surface area (Å²) >= 11 is 0. The van der Waals surface area contributed by atoms with Gasteiger partial charge in [0.2, 0.25) is 0 Å². The molecule has 0 saturated carbocycles. The Kier molecular flexibility index (Phi) is 5.11. The molecule has 0 bridgehead atoms. The number of hydrogen-bond acceptors (Lipinski definition) is 4. The van der Waals surface area contributed by atoms with Gasteiger partial charge in [0.1, 0.15) is 0 Å². The van der Waals surface area contributed by atoms with Gasteiger partial charge in [0.15, 0.2) is 0 Å². The highest BCUT2D eigenvalue weighted by molar-refractivity contribution is 7.86. The van der Waals surface area contributed by atoms with Crippen molar-refractivity contribution in [1.82, 2.24) is 8.61 Å². The van der Waals surface area contributed by atoms with Crippen molar-refractivity contribution in [2.24, 2.45) is 5.73 Å². The summed E-state index contributed by atoms with van der Waals surface area (Å²) in [6.45, 7) is 2.45. The van der Waals surface area contributed by atoms with Crippen molar-refractivity contribution < 1.29 is 13.2 Å². The standard InChI is InChI=1S/C13H21N3O3S/c1-15(11-13-5-3-2-4-12(13)10-14)20(17,18)16-6-8-19-9-7-16/h2-5H,6-11,14H2,1H3. The van der Waals surface area contributed by atoms with Gasteiger partial charge in [0.05, 0.1) is 13.2 Å². The van der Waals surface area contributed by atoms with Crippen molar-refractivity contribution in [3.05, 3.63) is 35.4 Å². The Morgan fingerprint density at radius 2 is 1.85 bits per heavy atom. The van der Waals surface area contributed by atoms with Crippen LogP contribution in [0.25, 0.3) is 0 Å². The van der Waals surface area contributed by atoms with Crippen molar-refractivity contribution in [3.63, 3.8) is 0 Å². The highest BCUT2D eigenvalue weighted by Gasteiger charge is 2.28. The molecule has 0 aliphatic carbocycles. The number of rotatable bonds is 5. The zero-order valence-corrected chi connectivity index (χ0v) is 12.5. The van der Waals surface area contributed by atoms with Crippen molar-refractivity contribution in [2.75, 3.05) is 33.4 Å². The van der Waals surface area contributed by atoms with Crippen LogP contribution in [0.5, 0.6) is 0 Å². The summed E-state index contributed by atoms with van der Waals surface area (Å²) in [5.74, 6) is 0. The minimum atomic E-state index is -3.44. The van der Waals surface area contributed by atoms with Crippen LogP contribution >= 0.6 is 0 Å². The van der Waals surface area contributed by atoms with Crippen molar-refractivity contribution in [1.29, 1.82) is 0 Å². The molecule has 1 aromatic carbocycles. The maximum atomic E-state index is 12.5. The fourth-order valence-corrected chi connectivity index (χ4v) is 3.51. The van der Waals surface area contributed by atoms with E-state index in [4.69, 9.17) is 10.5 Å². The van der Waals surface area contributed by atoms with Crippen molar-refractivity contribution in [3.8, 4) is 0 Å². The second-order valence-electron chi connectivity index (χ2n) is 4.75. The molecular formula is C13H21N3O3S. The zero-order chi connectivity index (χ0) is 14.6. The van der Waals surface area contributed by atoms with Gasteiger partial charge >= 0.3 is 0 Å². The van der Waals surface area contributed by atoms with E-state index in [2.05, 4.69) is 0 Å². The summed E-state index contributed by atoms with van der Waals surface area (Å²) in [6, 6.07) is 7.63. The van der Waals surface area contributed by atoms with Gasteiger partial charge in [-0.2, -0.15) is 17.0 Å². The maximum absolute atomic E-state index is 12.5. The van der Waals surface area contributed by atoms with Crippen LogP contribution in [0.15, 0.2) is 24.3 Å². The lowest BCUT2D eigenvalue weighted by Gasteiger charge is -2.30. The molecule has 1 saturated heterocycles. The third-order valence-corrected chi connectivity index (χ3v) is 5.36. The molecule has 20 heavy (non-hydrogen) atoms. The Hall–Kier alpha value is -0.990. The van der Waals surface area contributed by atoms with E-state index in [1.807, 2.05) is 24.3 Å². The fourth-order valence-electron chi connectivity index (χ4n) is 2.21. The predicted octanol–water partition coefficient (Wildman–Crippen LogP) is 0.154. The molecule has 1 heterocycles. The van der Waals surface area contributed by atoms with E-state index in [1.54, 1.807) is 7.05 Å². The van der Waals surface area contributed by atoms with Crippen LogP contribution in [0.2, 0.25) is 0 Å². The van der Waals surface area contributed by atoms with Crippen LogP contribution in [0.4, 0.5) is 0 Å². The first-order valence-electron chi connectivity index (χ1n) is 6.61. The highest BCUT2D eigenvalue weighted by atomic mass is 32.2. The average Bonchev–Trinajstić information content (AvgIpc) is 2.48. The molecule has 112 valence electrons. The van der Waals surface area contributed by atoms with Crippen molar-refractivity contribution in [2.45, 2.75) is 13.1 Å². The molecule has 6 nitrogen and oxygen atoms in total. The Morgan fingerprint density at radius 1 is 1.25 bits per heavy atom. The number of nitrogens with zero attached hydrogens (tertiary/aromatic N) is 2. The molecule has 0 unspecified atom stereocenters. The second-order valence-corrected chi connectivity index (χ2v) is 6.78. The zero-order valence-electron chi connectivity index (χ0n) is 11.7. The van der Waals surface area contributed by atoms with Gasteiger partial charge < -0.3 is 10.5 Å². The van der Waals surface area contributed by atoms with Crippen LogP contribution in [0.1, 0.15) is 11.1 Å². The van der Waals surface area contributed by atoms with E-state index in [-0.39, 0.29) is 0 Å². The normalized spacial score (nSPS) is 17.6. The van der Waals surface area contributed by atoms with Gasteiger partial charge in [-0.3, -0.25) is 0 Å². The summed E-state index contributed by atoms with van der Waals surface area (Å²) in [5, 5.41) is 0. The predicted molar refractivity (Wildman–Crippen MR) is 77.1 cm³/mol. The monoisotopic (exact) mass is 299 g/mol. The number of morpholine rings is 1. The van der Waals surface area contributed by atoms with Gasteiger partial charge in [0, 0.05) is 33.2 Å². The van der Waals surface area contributed by atoms with Gasteiger partial charge in [-0.05, 0) is 11.1 Å². The number of hydrogen-bond donors (Lipinski definition) is 1. The summed E-state index contributed by atoms with van der Waals surface area (Å²) in [5.41, 5.74) is 7.59. The molecular weight excluding hydrogens is 278 g/mol. The van der Waals surface area contributed by atoms with Gasteiger partial charge in [0.25, 0.3) is 10.2 Å². The van der Waals surface area contributed by atoms with Crippen LogP contribution in [-0.4, -0.2) is 50.4 Å². The molecule has 0 aromatic heterocycles. The second kappa shape index (κ2) is 6.64. The Balaban J connectivity index is 2.12. The number of ether oxygens (including phenoxy) is 1. The van der Waals surface area contributed by atoms with Crippen LogP contribution in [-0.2, 0) is 28.0 Å². The number of nitrogens with two attached hydrogens (primary N) is 1. The summed E-state index contributed by atoms with van der Waals surface area (Å²) in [4.78, 5) is 0. The third kappa shape index (κ3) is 3.36. The fraction of sp³-hybridized carbons (Fsp3) is 0.538. The molecule has 1 aliphatic rings. The van der Waals surface area contributed by atoms with E-state index in [9.17, 15) is 8.42 Å². The van der Waals surface area contributed by atoms with E-state index in [1.165, 1.54) is 8.61 Å². The van der Waals surface area contributed by atoms with Gasteiger partial charge in [-0.1, -0.05) is 24.3 Å². The SMILES string of the molecule is CN(Cc1ccccc1CN)S(=O)(=O)N1CCOCC1. The molecule has 7 heteroatoms. The molecule has 1 aliphatic heterocycles. The first-order valence-corrected chi connectivity index (χ1v) is 8.01. The summed E-state index contributed by atoms with van der Waals surface area (Å²) < 4.78 is 32.9. The topological polar surface area (TPSA) is 75.9 Å². The Morgan fingerprint density at radius 3 is 2.45 bits per heavy atom. The minimum Gasteiger partial charge on any atom is -0.379 e. The average molecular weight is 299 g/mol. The van der Waals surface area contributed by atoms with Crippen molar-refractivity contribution >= 4 is 10.2 Å². The summed E-state index contributed by atoms with van der Waals surface area (Å²) in [6.07, 6.45) is 0. The first-order chi connectivity index (χ1) is 9.55. The molecule has 0 spiro atoms. The van der Waals surface area contributed by atoms with Crippen LogP contribution < -0.4 is 5.73 Å². The lowest BCUT2D eigenvalue weighted by molar-refractivity contribution is 0.0705. The van der Waals surface area contributed by atoms with Crippen LogP contribution in [0.3, 0.4) is 0 Å². The van der Waals surface area contributed by atoms with Gasteiger partial charge in [-0.15, -0.1) is 0 Å². The molecule has 1 aromatic rings. The minimum absolute atomic E-state index is 0.326. The highest BCUT2D eigenvalue weighted by Crippen LogP contribution is 2.15. The molecule has 1 fully saturated rings. The van der Waals surface area contributed by atoms with Gasteiger partial charge in [-0.25, -0.2) is 0 Å². The lowest BCUT2D eigenvalue weighted by Crippen LogP contribution is -2.47. The first kappa shape index (κ1) is 15.4. The largest absolute Gasteiger partial charge is 0.379 e. The maximum Gasteiger partial charge on any atom is 0.282 e. The Bertz CT molecular complexity index is 542. The Labute approximate surface area is 120 Å². The molecule has 0 atom stereocenters.